The van der Waals surface area contributed by atoms with Crippen LogP contribution >= 0.6 is 23.2 Å². The number of benzene rings is 2. The van der Waals surface area contributed by atoms with E-state index < -0.39 is 22.0 Å². The largest absolute Gasteiger partial charge is 0.323 e. The predicted octanol–water partition coefficient (Wildman–Crippen LogP) is 4.79. The maximum atomic E-state index is 12.9. The van der Waals surface area contributed by atoms with Crippen LogP contribution in [0.15, 0.2) is 36.4 Å². The minimum absolute atomic E-state index is 0.280. The monoisotopic (exact) mass is 428 g/mol. The second-order valence-electron chi connectivity index (χ2n) is 6.36. The lowest BCUT2D eigenvalue weighted by Crippen LogP contribution is -2.47. The lowest BCUT2D eigenvalue weighted by Gasteiger charge is -2.30. The summed E-state index contributed by atoms with van der Waals surface area (Å²) in [6.45, 7) is 5.59. The van der Waals surface area contributed by atoms with Gasteiger partial charge >= 0.3 is 0 Å². The number of hydrogen-bond donors (Lipinski definition) is 1. The zero-order chi connectivity index (χ0) is 20.4. The predicted molar refractivity (Wildman–Crippen MR) is 112 cm³/mol. The van der Waals surface area contributed by atoms with E-state index >= 15 is 0 Å². The fourth-order valence-electron chi connectivity index (χ4n) is 2.73. The Morgan fingerprint density at radius 3 is 2.30 bits per heavy atom. The summed E-state index contributed by atoms with van der Waals surface area (Å²) < 4.78 is 26.2. The van der Waals surface area contributed by atoms with Crippen LogP contribution in [0.1, 0.15) is 24.5 Å². The maximum absolute atomic E-state index is 12.9. The van der Waals surface area contributed by atoms with E-state index in [0.717, 1.165) is 21.7 Å². The van der Waals surface area contributed by atoms with Crippen LogP contribution in [0, 0.1) is 13.8 Å². The molecule has 2 aromatic rings. The summed E-state index contributed by atoms with van der Waals surface area (Å²) >= 11 is 12.0. The normalized spacial score (nSPS) is 12.5. The molecule has 1 atom stereocenters. The van der Waals surface area contributed by atoms with Crippen molar-refractivity contribution in [1.82, 2.24) is 0 Å². The summed E-state index contributed by atoms with van der Waals surface area (Å²) in [5, 5.41) is 3.42. The minimum Gasteiger partial charge on any atom is -0.323 e. The van der Waals surface area contributed by atoms with Gasteiger partial charge in [-0.05, 0) is 61.7 Å². The Kier molecular flexibility index (Phi) is 6.78. The molecule has 0 radical (unpaired) electrons. The third-order valence-corrected chi connectivity index (χ3v) is 5.99. The molecule has 0 aromatic heterocycles. The van der Waals surface area contributed by atoms with Crippen LogP contribution < -0.4 is 9.62 Å². The highest BCUT2D eigenvalue weighted by Gasteiger charge is 2.32. The summed E-state index contributed by atoms with van der Waals surface area (Å²) in [5.41, 5.74) is 2.80. The first kappa shape index (κ1) is 21.5. The van der Waals surface area contributed by atoms with Crippen molar-refractivity contribution in [3.63, 3.8) is 0 Å². The van der Waals surface area contributed by atoms with Crippen LogP contribution in [0.2, 0.25) is 10.0 Å². The topological polar surface area (TPSA) is 66.5 Å². The minimum atomic E-state index is -3.69. The number of nitrogens with zero attached hydrogens (tertiary/aromatic N) is 1. The number of hydrogen-bond acceptors (Lipinski definition) is 3. The molecule has 0 saturated heterocycles. The number of halogens is 2. The van der Waals surface area contributed by atoms with Crippen LogP contribution in [-0.2, 0) is 14.8 Å². The van der Waals surface area contributed by atoms with E-state index in [0.29, 0.717) is 16.4 Å². The first-order valence-electron chi connectivity index (χ1n) is 8.37. The average molecular weight is 429 g/mol. The number of aryl methyl sites for hydroxylation is 2. The molecule has 1 N–H and O–H groups in total. The standard InChI is InChI=1S/C19H22Cl2N2O3S/c1-5-18(19(24)22-17-9-7-14(20)11-16(17)21)23(27(4,25)26)15-8-6-12(2)13(3)10-15/h6-11,18H,5H2,1-4H3,(H,22,24). The van der Waals surface area contributed by atoms with Gasteiger partial charge in [0, 0.05) is 5.02 Å². The molecule has 1 unspecified atom stereocenters. The summed E-state index contributed by atoms with van der Waals surface area (Å²) in [6.07, 6.45) is 1.38. The highest BCUT2D eigenvalue weighted by Crippen LogP contribution is 2.28. The second-order valence-corrected chi connectivity index (χ2v) is 9.07. The van der Waals surface area contributed by atoms with Crippen molar-refractivity contribution < 1.29 is 13.2 Å². The molecule has 146 valence electrons. The maximum Gasteiger partial charge on any atom is 0.248 e. The second kappa shape index (κ2) is 8.50. The van der Waals surface area contributed by atoms with Crippen molar-refractivity contribution in [2.24, 2.45) is 0 Å². The van der Waals surface area contributed by atoms with Crippen LogP contribution in [0.3, 0.4) is 0 Å². The third-order valence-electron chi connectivity index (χ3n) is 4.26. The molecular weight excluding hydrogens is 407 g/mol. The Labute approximate surface area is 170 Å². The van der Waals surface area contributed by atoms with E-state index in [1.54, 1.807) is 31.2 Å². The van der Waals surface area contributed by atoms with Crippen LogP contribution in [0.25, 0.3) is 0 Å². The molecule has 5 nitrogen and oxygen atoms in total. The van der Waals surface area contributed by atoms with Gasteiger partial charge < -0.3 is 5.32 Å². The lowest BCUT2D eigenvalue weighted by molar-refractivity contribution is -0.117. The van der Waals surface area contributed by atoms with Crippen molar-refractivity contribution in [1.29, 1.82) is 0 Å². The quantitative estimate of drug-likeness (QED) is 0.718. The van der Waals surface area contributed by atoms with E-state index in [1.807, 2.05) is 19.9 Å². The Morgan fingerprint density at radius 1 is 1.11 bits per heavy atom. The molecule has 0 aliphatic heterocycles. The van der Waals surface area contributed by atoms with Gasteiger partial charge in [0.15, 0.2) is 0 Å². The lowest BCUT2D eigenvalue weighted by atomic mass is 10.1. The van der Waals surface area contributed by atoms with E-state index in [9.17, 15) is 13.2 Å². The van der Waals surface area contributed by atoms with E-state index in [1.165, 1.54) is 6.07 Å². The highest BCUT2D eigenvalue weighted by atomic mass is 35.5. The smallest absolute Gasteiger partial charge is 0.248 e. The Hall–Kier alpha value is -1.76. The molecule has 0 saturated carbocycles. The number of carbonyl (C=O) groups excluding carboxylic acids is 1. The summed E-state index contributed by atoms with van der Waals surface area (Å²) in [4.78, 5) is 12.9. The van der Waals surface area contributed by atoms with Gasteiger partial charge in [-0.25, -0.2) is 8.42 Å². The van der Waals surface area contributed by atoms with Crippen LogP contribution in [-0.4, -0.2) is 26.6 Å². The van der Waals surface area contributed by atoms with Gasteiger partial charge in [0.1, 0.15) is 6.04 Å². The number of anilines is 2. The van der Waals surface area contributed by atoms with E-state index in [2.05, 4.69) is 5.32 Å². The SMILES string of the molecule is CCC(C(=O)Nc1ccc(Cl)cc1Cl)N(c1ccc(C)c(C)c1)S(C)(=O)=O. The third kappa shape index (κ3) is 5.15. The van der Waals surface area contributed by atoms with Crippen molar-refractivity contribution in [3.05, 3.63) is 57.6 Å². The van der Waals surface area contributed by atoms with Gasteiger partial charge in [-0.3, -0.25) is 9.10 Å². The average Bonchev–Trinajstić information content (AvgIpc) is 2.56. The molecule has 8 heteroatoms. The molecule has 1 amide bonds. The Morgan fingerprint density at radius 2 is 1.78 bits per heavy atom. The molecular formula is C19H22Cl2N2O3S. The van der Waals surface area contributed by atoms with Crippen LogP contribution in [0.5, 0.6) is 0 Å². The summed E-state index contributed by atoms with van der Waals surface area (Å²) in [7, 11) is -3.69. The number of sulfonamides is 1. The molecule has 2 rings (SSSR count). The molecule has 27 heavy (non-hydrogen) atoms. The molecule has 2 aromatic carbocycles. The molecule has 0 spiro atoms. The van der Waals surface area contributed by atoms with Gasteiger partial charge in [0.05, 0.1) is 22.7 Å². The molecule has 0 aliphatic rings. The van der Waals surface area contributed by atoms with Crippen molar-refractivity contribution in [2.75, 3.05) is 15.9 Å². The number of carbonyl (C=O) groups is 1. The van der Waals surface area contributed by atoms with Crippen molar-refractivity contribution in [2.45, 2.75) is 33.2 Å². The van der Waals surface area contributed by atoms with Gasteiger partial charge in [-0.15, -0.1) is 0 Å². The number of nitrogens with one attached hydrogen (secondary N) is 1. The number of rotatable bonds is 6. The van der Waals surface area contributed by atoms with Crippen LogP contribution in [0.4, 0.5) is 11.4 Å². The Bertz CT molecular complexity index is 961. The zero-order valence-corrected chi connectivity index (χ0v) is 17.9. The van der Waals surface area contributed by atoms with Crippen molar-refractivity contribution in [3.8, 4) is 0 Å². The van der Waals surface area contributed by atoms with Gasteiger partial charge in [0.25, 0.3) is 0 Å². The first-order chi connectivity index (χ1) is 12.5. The summed E-state index contributed by atoms with van der Waals surface area (Å²) in [5.74, 6) is -0.467. The Balaban J connectivity index is 2.42. The summed E-state index contributed by atoms with van der Waals surface area (Å²) in [6, 6.07) is 9.07. The molecule has 0 bridgehead atoms. The van der Waals surface area contributed by atoms with Gasteiger partial charge in [-0.2, -0.15) is 0 Å². The molecule has 0 aliphatic carbocycles. The van der Waals surface area contributed by atoms with Gasteiger partial charge in [0.2, 0.25) is 15.9 Å². The fourth-order valence-corrected chi connectivity index (χ4v) is 4.39. The first-order valence-corrected chi connectivity index (χ1v) is 11.0. The van der Waals surface area contributed by atoms with E-state index in [4.69, 9.17) is 23.2 Å². The highest BCUT2D eigenvalue weighted by molar-refractivity contribution is 7.92. The molecule has 0 fully saturated rings. The number of amides is 1. The zero-order valence-electron chi connectivity index (χ0n) is 15.6. The fraction of sp³-hybridized carbons (Fsp3) is 0.316. The molecule has 0 heterocycles. The van der Waals surface area contributed by atoms with Gasteiger partial charge in [-0.1, -0.05) is 36.2 Å². The van der Waals surface area contributed by atoms with Crippen molar-refractivity contribution >= 4 is 50.5 Å². The van der Waals surface area contributed by atoms with E-state index in [-0.39, 0.29) is 11.4 Å².